The van der Waals surface area contributed by atoms with E-state index in [1.807, 2.05) is 13.8 Å². The van der Waals surface area contributed by atoms with Gasteiger partial charge in [-0.1, -0.05) is 81.6 Å². The number of hydrogen-bond donors (Lipinski definition) is 0. The van der Waals surface area contributed by atoms with E-state index in [4.69, 9.17) is 1.37 Å². The van der Waals surface area contributed by atoms with Crippen LogP contribution in [-0.2, 0) is 7.05 Å². The lowest BCUT2D eigenvalue weighted by Gasteiger charge is -2.43. The molecule has 38 heavy (non-hydrogen) atoms. The summed E-state index contributed by atoms with van der Waals surface area (Å²) in [7, 11) is 2.08. The van der Waals surface area contributed by atoms with E-state index in [1.165, 1.54) is 72.4 Å². The van der Waals surface area contributed by atoms with Crippen molar-refractivity contribution in [2.45, 2.75) is 90.3 Å². The van der Waals surface area contributed by atoms with Crippen molar-refractivity contribution in [2.24, 2.45) is 12.5 Å². The smallest absolute Gasteiger partial charge is 0.201 e. The molecule has 1 heterocycles. The summed E-state index contributed by atoms with van der Waals surface area (Å²) in [4.78, 5) is 0. The third-order valence-electron chi connectivity index (χ3n) is 9.62. The largest absolute Gasteiger partial charge is 0.213 e. The van der Waals surface area contributed by atoms with E-state index in [0.717, 1.165) is 35.2 Å². The van der Waals surface area contributed by atoms with Gasteiger partial charge >= 0.3 is 0 Å². The van der Waals surface area contributed by atoms with Crippen molar-refractivity contribution < 1.29 is 7.31 Å². The molecule has 196 valence electrons. The van der Waals surface area contributed by atoms with Gasteiger partial charge in [-0.15, -0.1) is 0 Å². The van der Waals surface area contributed by atoms with Crippen LogP contribution in [0.1, 0.15) is 103 Å². The fourth-order valence-electron chi connectivity index (χ4n) is 7.22. The standard InChI is InChI=1S/C37H44N/c1-26(2)35-25-38(4)36(33-11-7-6-10-27(33)3)24-34(35)32-15-14-30-22-29(12-13-31(30)23-32)28-16-20-37(21-17-28)18-8-5-9-19-37/h6-7,10-15,22-26,28H,5,8-9,16-21H2,1-4H3/q+1/i26D,28D. The Morgan fingerprint density at radius 1 is 0.842 bits per heavy atom. The quantitative estimate of drug-likeness (QED) is 0.243. The normalized spacial score (nSPS) is 19.8. The molecule has 0 radical (unpaired) electrons. The van der Waals surface area contributed by atoms with Gasteiger partial charge in [-0.05, 0) is 108 Å². The Morgan fingerprint density at radius 2 is 1.55 bits per heavy atom. The van der Waals surface area contributed by atoms with Gasteiger partial charge in [0.25, 0.3) is 0 Å². The summed E-state index contributed by atoms with van der Waals surface area (Å²) in [6.07, 6.45) is 13.5. The molecule has 0 amide bonds. The van der Waals surface area contributed by atoms with E-state index < -0.39 is 11.8 Å². The van der Waals surface area contributed by atoms with Crippen molar-refractivity contribution in [1.82, 2.24) is 0 Å². The minimum Gasteiger partial charge on any atom is -0.201 e. The minimum atomic E-state index is -0.732. The molecule has 0 saturated heterocycles. The van der Waals surface area contributed by atoms with Gasteiger partial charge in [0.1, 0.15) is 7.05 Å². The molecule has 6 rings (SSSR count). The second kappa shape index (κ2) is 10.3. The zero-order valence-corrected chi connectivity index (χ0v) is 23.7. The van der Waals surface area contributed by atoms with Crippen LogP contribution < -0.4 is 4.57 Å². The highest BCUT2D eigenvalue weighted by Gasteiger charge is 2.36. The van der Waals surface area contributed by atoms with Crippen molar-refractivity contribution in [2.75, 3.05) is 0 Å². The summed E-state index contributed by atoms with van der Waals surface area (Å²) in [6.45, 7) is 6.11. The second-order valence-electron chi connectivity index (χ2n) is 12.4. The topological polar surface area (TPSA) is 3.88 Å². The van der Waals surface area contributed by atoms with Crippen molar-refractivity contribution in [3.05, 3.63) is 89.6 Å². The highest BCUT2D eigenvalue weighted by atomic mass is 14.9. The number of nitrogens with zero attached hydrogens (tertiary/aromatic N) is 1. The molecule has 3 aromatic carbocycles. The van der Waals surface area contributed by atoms with Crippen LogP contribution in [0.5, 0.6) is 0 Å². The van der Waals surface area contributed by atoms with Gasteiger partial charge in [0.05, 0.1) is 0 Å². The highest BCUT2D eigenvalue weighted by Crippen LogP contribution is 2.51. The van der Waals surface area contributed by atoms with E-state index in [0.29, 0.717) is 5.41 Å². The van der Waals surface area contributed by atoms with Gasteiger partial charge in [-0.25, -0.2) is 4.57 Å². The first-order valence-corrected chi connectivity index (χ1v) is 14.7. The minimum absolute atomic E-state index is 0.464. The molecular formula is C37H44N+. The van der Waals surface area contributed by atoms with E-state index in [2.05, 4.69) is 91.5 Å². The van der Waals surface area contributed by atoms with Gasteiger partial charge in [-0.3, -0.25) is 0 Å². The molecule has 2 aliphatic carbocycles. The van der Waals surface area contributed by atoms with Crippen LogP contribution in [0.2, 0.25) is 0 Å². The lowest BCUT2D eigenvalue weighted by molar-refractivity contribution is -0.660. The number of fused-ring (bicyclic) bond motifs is 1. The van der Waals surface area contributed by atoms with Crippen molar-refractivity contribution in [1.29, 1.82) is 0 Å². The monoisotopic (exact) mass is 504 g/mol. The first-order chi connectivity index (χ1) is 19.1. The van der Waals surface area contributed by atoms with Crippen molar-refractivity contribution in [3.8, 4) is 22.4 Å². The Balaban J connectivity index is 1.36. The molecule has 1 spiro atoms. The molecule has 2 aliphatic rings. The van der Waals surface area contributed by atoms with Crippen LogP contribution in [0.25, 0.3) is 33.2 Å². The Labute approximate surface area is 232 Å². The molecule has 0 bridgehead atoms. The molecule has 2 saturated carbocycles. The molecular weight excluding hydrogens is 458 g/mol. The first kappa shape index (κ1) is 23.0. The molecule has 4 aromatic rings. The van der Waals surface area contributed by atoms with Gasteiger partial charge in [0.2, 0.25) is 5.69 Å². The third kappa shape index (κ3) is 4.81. The number of pyridine rings is 1. The fourth-order valence-corrected chi connectivity index (χ4v) is 7.22. The predicted molar refractivity (Wildman–Crippen MR) is 162 cm³/mol. The summed E-state index contributed by atoms with van der Waals surface area (Å²) >= 11 is 0. The molecule has 1 nitrogen and oxygen atoms in total. The molecule has 0 N–H and O–H groups in total. The summed E-state index contributed by atoms with van der Waals surface area (Å²) < 4.78 is 20.5. The lowest BCUT2D eigenvalue weighted by Crippen LogP contribution is -2.32. The van der Waals surface area contributed by atoms with Crippen LogP contribution in [-0.4, -0.2) is 0 Å². The van der Waals surface area contributed by atoms with E-state index in [1.54, 1.807) is 0 Å². The Hall–Kier alpha value is -2.93. The summed E-state index contributed by atoms with van der Waals surface area (Å²) in [6, 6.07) is 24.2. The maximum absolute atomic E-state index is 9.43. The maximum atomic E-state index is 9.43. The molecule has 1 aromatic heterocycles. The lowest BCUT2D eigenvalue weighted by atomic mass is 9.62. The Kier molecular flexibility index (Phi) is 6.25. The number of rotatable bonds is 4. The third-order valence-corrected chi connectivity index (χ3v) is 9.62. The van der Waals surface area contributed by atoms with E-state index >= 15 is 0 Å². The number of aryl methyl sites for hydroxylation is 2. The van der Waals surface area contributed by atoms with Crippen LogP contribution in [0.3, 0.4) is 0 Å². The maximum Gasteiger partial charge on any atom is 0.213 e. The molecule has 2 fully saturated rings. The zero-order valence-electron chi connectivity index (χ0n) is 25.7. The second-order valence-corrected chi connectivity index (χ2v) is 12.4. The average Bonchev–Trinajstić information content (AvgIpc) is 2.95. The Morgan fingerprint density at radius 3 is 2.29 bits per heavy atom. The van der Waals surface area contributed by atoms with Crippen LogP contribution in [0.15, 0.2) is 72.9 Å². The first-order valence-electron chi connectivity index (χ1n) is 15.7. The summed E-state index contributed by atoms with van der Waals surface area (Å²) in [5.74, 6) is -1.20. The number of benzene rings is 3. The SMILES string of the molecule is [2H]C(C)(C)c1c[n+](C)c(-c2ccccc2C)cc1-c1ccc2cc(C3([2H])CCC4(CCCCC4)CC3)ccc2c1. The molecule has 0 atom stereocenters. The number of aromatic nitrogens is 1. The fraction of sp³-hybridized carbons (Fsp3) is 0.432. The highest BCUT2D eigenvalue weighted by molar-refractivity contribution is 5.89. The predicted octanol–water partition coefficient (Wildman–Crippen LogP) is 10.0. The van der Waals surface area contributed by atoms with Crippen LogP contribution in [0.4, 0.5) is 0 Å². The van der Waals surface area contributed by atoms with E-state index in [9.17, 15) is 1.37 Å². The van der Waals surface area contributed by atoms with Crippen LogP contribution in [0, 0.1) is 12.3 Å². The van der Waals surface area contributed by atoms with Gasteiger partial charge in [0, 0.05) is 19.9 Å². The molecule has 0 unspecified atom stereocenters. The Bertz CT molecular complexity index is 1540. The van der Waals surface area contributed by atoms with Crippen LogP contribution >= 0.6 is 0 Å². The van der Waals surface area contributed by atoms with Crippen molar-refractivity contribution >= 4 is 10.8 Å². The van der Waals surface area contributed by atoms with Gasteiger partial charge in [-0.2, -0.15) is 0 Å². The summed E-state index contributed by atoms with van der Waals surface area (Å²) in [5.41, 5.74) is 8.60. The van der Waals surface area contributed by atoms with E-state index in [-0.39, 0.29) is 0 Å². The summed E-state index contributed by atoms with van der Waals surface area (Å²) in [5, 5.41) is 2.40. The average molecular weight is 505 g/mol. The van der Waals surface area contributed by atoms with Gasteiger partial charge < -0.3 is 0 Å². The van der Waals surface area contributed by atoms with Crippen molar-refractivity contribution in [3.63, 3.8) is 0 Å². The zero-order chi connectivity index (χ0) is 28.1. The molecule has 1 heteroatoms. The molecule has 0 aliphatic heterocycles. The van der Waals surface area contributed by atoms with Gasteiger partial charge in [0.15, 0.2) is 6.20 Å². The number of hydrogen-bond acceptors (Lipinski definition) is 0.